The van der Waals surface area contributed by atoms with Gasteiger partial charge in [-0.05, 0) is 112 Å². The van der Waals surface area contributed by atoms with Gasteiger partial charge in [0.1, 0.15) is 22.9 Å². The first-order valence-electron chi connectivity index (χ1n) is 22.5. The number of anilines is 2. The zero-order chi connectivity index (χ0) is 46.5. The Hall–Kier alpha value is -7.44. The number of aromatic nitrogens is 6. The third-order valence-electron chi connectivity index (χ3n) is 12.3. The van der Waals surface area contributed by atoms with E-state index in [4.69, 9.17) is 18.3 Å². The molecule has 0 bridgehead atoms. The van der Waals surface area contributed by atoms with Crippen LogP contribution < -0.4 is 10.6 Å². The summed E-state index contributed by atoms with van der Waals surface area (Å²) in [5.74, 6) is -0.148. The van der Waals surface area contributed by atoms with Crippen molar-refractivity contribution in [3.05, 3.63) is 142 Å². The Bertz CT molecular complexity index is 3080. The summed E-state index contributed by atoms with van der Waals surface area (Å²) in [5, 5.41) is 9.48. The minimum absolute atomic E-state index is 0.103. The molecule has 0 saturated carbocycles. The number of allylic oxidation sites excluding steroid dienone is 4. The number of ether oxygens (including phenoxy) is 2. The number of imidazole rings is 2. The van der Waals surface area contributed by atoms with Gasteiger partial charge < -0.3 is 48.9 Å². The van der Waals surface area contributed by atoms with Crippen LogP contribution in [0.3, 0.4) is 0 Å². The maximum absolute atomic E-state index is 13.0. The highest BCUT2D eigenvalue weighted by Crippen LogP contribution is 2.49. The number of carbonyl (C=O) groups excluding carboxylic acids is 4. The normalized spacial score (nSPS) is 17.4. The van der Waals surface area contributed by atoms with E-state index in [0.717, 1.165) is 80.6 Å². The van der Waals surface area contributed by atoms with Gasteiger partial charge in [0.25, 0.3) is 0 Å². The van der Waals surface area contributed by atoms with E-state index in [1.807, 2.05) is 72.8 Å². The number of aromatic amines is 4. The standard InChI is InChI=1S/2C25H22N4O4S/c2*1-2-32-24(31)23-22-13(12-26-23)20(21-16(27-22)8-5-9-17(21)30)18-10-11-19(33-18)34-25-28-14-6-3-4-7-15(14)29-25/h2*3-4,6-7,10-12,20,26-27H,2,5,8-9H2,1H3,(H,28,29)/t2*20-/m10/s1. The highest BCUT2D eigenvalue weighted by Gasteiger charge is 2.41. The van der Waals surface area contributed by atoms with Gasteiger partial charge in [-0.25, -0.2) is 19.6 Å². The van der Waals surface area contributed by atoms with E-state index in [0.29, 0.717) is 68.5 Å². The van der Waals surface area contributed by atoms with Crippen molar-refractivity contribution in [1.29, 1.82) is 0 Å². The van der Waals surface area contributed by atoms with E-state index in [9.17, 15) is 19.2 Å². The molecule has 4 aliphatic rings. The third kappa shape index (κ3) is 7.92. The monoisotopic (exact) mass is 948 g/mol. The molecule has 0 saturated heterocycles. The summed E-state index contributed by atoms with van der Waals surface area (Å²) in [6.07, 6.45) is 7.57. The number of nitrogens with zero attached hydrogens (tertiary/aromatic N) is 2. The van der Waals surface area contributed by atoms with Gasteiger partial charge in [0.15, 0.2) is 32.1 Å². The molecular weight excluding hydrogens is 905 g/mol. The maximum atomic E-state index is 13.0. The third-order valence-corrected chi connectivity index (χ3v) is 14.0. The van der Waals surface area contributed by atoms with Gasteiger partial charge >= 0.3 is 11.9 Å². The quantitative estimate of drug-likeness (QED) is 0.0702. The van der Waals surface area contributed by atoms with E-state index in [1.165, 1.54) is 23.5 Å². The topological polar surface area (TPSA) is 226 Å². The smallest absolute Gasteiger partial charge is 0.356 e. The second-order valence-electron chi connectivity index (χ2n) is 16.5. The fourth-order valence-corrected chi connectivity index (χ4v) is 11.0. The lowest BCUT2D eigenvalue weighted by atomic mass is 9.78. The predicted molar refractivity (Wildman–Crippen MR) is 254 cm³/mol. The van der Waals surface area contributed by atoms with Gasteiger partial charge in [0.2, 0.25) is 0 Å². The summed E-state index contributed by atoms with van der Waals surface area (Å²) < 4.78 is 22.9. The number of benzene rings is 2. The number of H-pyrrole nitrogens is 4. The van der Waals surface area contributed by atoms with E-state index >= 15 is 0 Å². The minimum Gasteiger partial charge on any atom is -0.461 e. The molecular formula is C50H44N8O8S2. The van der Waals surface area contributed by atoms with Crippen molar-refractivity contribution in [3.63, 3.8) is 0 Å². The molecule has 8 heterocycles. The van der Waals surface area contributed by atoms with Crippen LogP contribution in [0.1, 0.15) is 108 Å². The number of fused-ring (bicyclic) bond motifs is 4. The lowest BCUT2D eigenvalue weighted by Gasteiger charge is -2.31. The van der Waals surface area contributed by atoms with Crippen molar-refractivity contribution < 1.29 is 37.5 Å². The van der Waals surface area contributed by atoms with Crippen molar-refractivity contribution in [2.45, 2.75) is 84.7 Å². The molecule has 8 aromatic rings. The van der Waals surface area contributed by atoms with Gasteiger partial charge in [-0.15, -0.1) is 0 Å². The second kappa shape index (κ2) is 18.0. The molecule has 0 unspecified atom stereocenters. The first-order chi connectivity index (χ1) is 33.2. The molecule has 2 atom stereocenters. The number of para-hydroxylation sites is 4. The van der Waals surface area contributed by atoms with Gasteiger partial charge in [-0.1, -0.05) is 24.3 Å². The SMILES string of the molecule is CCOC(=O)c1[nH]cc2c1NC1=C(C(=O)CCC1)[C@@H]2c1ccc(Sc2nc3ccccc3[nH]2)o1.CCOC(=O)c1[nH]cc2c1NC1=C(C(=O)CCC1)[C@H]2c1ccc(Sc2nc3ccccc3[nH]2)o1. The van der Waals surface area contributed by atoms with Gasteiger partial charge in [-0.3, -0.25) is 9.59 Å². The van der Waals surface area contributed by atoms with Crippen LogP contribution in [0.4, 0.5) is 11.4 Å². The molecule has 0 spiro atoms. The Morgan fingerprint density at radius 1 is 0.618 bits per heavy atom. The molecule has 0 amide bonds. The molecule has 2 aliphatic carbocycles. The minimum atomic E-state index is -0.429. The van der Waals surface area contributed by atoms with Crippen LogP contribution in [0, 0.1) is 0 Å². The van der Waals surface area contributed by atoms with E-state index in [1.54, 1.807) is 26.2 Å². The Morgan fingerprint density at radius 3 is 1.49 bits per heavy atom. The predicted octanol–water partition coefficient (Wildman–Crippen LogP) is 10.8. The van der Waals surface area contributed by atoms with Crippen LogP contribution in [0.25, 0.3) is 22.1 Å². The summed E-state index contributed by atoms with van der Waals surface area (Å²) in [4.78, 5) is 72.9. The Labute approximate surface area is 396 Å². The number of hydrogen-bond acceptors (Lipinski definition) is 14. The summed E-state index contributed by atoms with van der Waals surface area (Å²) in [7, 11) is 0. The fraction of sp³-hybridized carbons (Fsp3) is 0.240. The first kappa shape index (κ1) is 43.1. The summed E-state index contributed by atoms with van der Waals surface area (Å²) in [6.45, 7) is 4.11. The molecule has 0 fully saturated rings. The lowest BCUT2D eigenvalue weighted by molar-refractivity contribution is -0.117. The number of Topliss-reactive ketones (excluding diaryl/α,β-unsaturated/α-hetero) is 2. The molecule has 0 radical (unpaired) electrons. The molecule has 16 nitrogen and oxygen atoms in total. The van der Waals surface area contributed by atoms with Crippen LogP contribution in [-0.2, 0) is 19.1 Å². The van der Waals surface area contributed by atoms with Crippen molar-refractivity contribution in [2.75, 3.05) is 23.8 Å². The highest BCUT2D eigenvalue weighted by atomic mass is 32.2. The largest absolute Gasteiger partial charge is 0.461 e. The average molecular weight is 949 g/mol. The first-order valence-corrected chi connectivity index (χ1v) is 24.2. The van der Waals surface area contributed by atoms with Crippen LogP contribution in [0.2, 0.25) is 0 Å². The Morgan fingerprint density at radius 2 is 1.06 bits per heavy atom. The van der Waals surface area contributed by atoms with E-state index in [2.05, 4.69) is 40.5 Å². The molecule has 6 N–H and O–H groups in total. The van der Waals surface area contributed by atoms with Crippen LogP contribution >= 0.6 is 23.5 Å². The van der Waals surface area contributed by atoms with Crippen LogP contribution in [-0.4, -0.2) is 66.6 Å². The van der Waals surface area contributed by atoms with Crippen LogP contribution in [0.5, 0.6) is 0 Å². The van der Waals surface area contributed by atoms with Crippen molar-refractivity contribution in [3.8, 4) is 0 Å². The summed E-state index contributed by atoms with van der Waals surface area (Å²) in [5.41, 5.74) is 10.4. The Balaban J connectivity index is 0.000000149. The maximum Gasteiger partial charge on any atom is 0.356 e. The highest BCUT2D eigenvalue weighted by molar-refractivity contribution is 7.99. The van der Waals surface area contributed by atoms with Gasteiger partial charge in [0, 0.05) is 58.9 Å². The number of rotatable bonds is 10. The van der Waals surface area contributed by atoms with Crippen molar-refractivity contribution in [2.24, 2.45) is 0 Å². The molecule has 2 aliphatic heterocycles. The zero-order valence-electron chi connectivity index (χ0n) is 36.9. The number of esters is 2. The molecule has 2 aromatic carbocycles. The van der Waals surface area contributed by atoms with Gasteiger partial charge in [-0.2, -0.15) is 0 Å². The lowest BCUT2D eigenvalue weighted by Crippen LogP contribution is -2.26. The van der Waals surface area contributed by atoms with E-state index < -0.39 is 23.8 Å². The number of hydrogen-bond donors (Lipinski definition) is 6. The number of carbonyl (C=O) groups is 4. The van der Waals surface area contributed by atoms with E-state index in [-0.39, 0.29) is 24.8 Å². The molecule has 344 valence electrons. The van der Waals surface area contributed by atoms with Crippen molar-refractivity contribution >= 4 is 80.5 Å². The summed E-state index contributed by atoms with van der Waals surface area (Å²) in [6, 6.07) is 23.3. The second-order valence-corrected chi connectivity index (χ2v) is 18.5. The number of ketones is 2. The molecule has 12 rings (SSSR count). The zero-order valence-corrected chi connectivity index (χ0v) is 38.5. The molecule has 18 heteroatoms. The number of nitrogens with one attached hydrogen (secondary N) is 6. The molecule has 68 heavy (non-hydrogen) atoms. The molecule has 6 aromatic heterocycles. The fourth-order valence-electron chi connectivity index (χ4n) is 9.43. The van der Waals surface area contributed by atoms with Gasteiger partial charge in [0.05, 0.1) is 58.5 Å². The van der Waals surface area contributed by atoms with Crippen LogP contribution in [0.15, 0.2) is 137 Å². The summed E-state index contributed by atoms with van der Waals surface area (Å²) >= 11 is 2.79. The average Bonchev–Trinajstić information content (AvgIpc) is 4.21. The Kier molecular flexibility index (Phi) is 11.4. The number of furan rings is 2. The van der Waals surface area contributed by atoms with Crippen molar-refractivity contribution in [1.82, 2.24) is 29.9 Å².